The Bertz CT molecular complexity index is 1080. The number of nitrogens with zero attached hydrogens (tertiary/aromatic N) is 3. The molecule has 3 aromatic rings. The molecule has 0 spiro atoms. The molecular weight excluding hydrogens is 483 g/mol. The van der Waals surface area contributed by atoms with E-state index in [1.165, 1.54) is 11.8 Å². The predicted molar refractivity (Wildman–Crippen MR) is 133 cm³/mol. The van der Waals surface area contributed by atoms with Gasteiger partial charge in [-0.3, -0.25) is 4.79 Å². The number of benzene rings is 2. The maximum atomic E-state index is 12.5. The van der Waals surface area contributed by atoms with E-state index in [1.807, 2.05) is 42.7 Å². The summed E-state index contributed by atoms with van der Waals surface area (Å²) in [5.74, 6) is 2.20. The average molecular weight is 509 g/mol. The Labute approximate surface area is 207 Å². The maximum absolute atomic E-state index is 12.5. The quantitative estimate of drug-likeness (QED) is 0.248. The molecule has 0 aliphatic rings. The van der Waals surface area contributed by atoms with E-state index in [0.717, 1.165) is 12.2 Å². The second-order valence-corrected chi connectivity index (χ2v) is 8.72. The van der Waals surface area contributed by atoms with E-state index in [0.29, 0.717) is 58.6 Å². The molecular formula is C23H26Cl2N4O3S. The van der Waals surface area contributed by atoms with E-state index < -0.39 is 0 Å². The van der Waals surface area contributed by atoms with Crippen molar-refractivity contribution in [3.63, 3.8) is 0 Å². The number of carbonyl (C=O) groups is 1. The van der Waals surface area contributed by atoms with Crippen LogP contribution >= 0.6 is 35.0 Å². The Morgan fingerprint density at radius 3 is 2.67 bits per heavy atom. The number of aryl methyl sites for hydroxylation is 1. The Morgan fingerprint density at radius 1 is 1.09 bits per heavy atom. The molecule has 0 atom stereocenters. The topological polar surface area (TPSA) is 78.3 Å². The summed E-state index contributed by atoms with van der Waals surface area (Å²) in [4.78, 5) is 12.5. The van der Waals surface area contributed by atoms with Crippen LogP contribution in [0.4, 0.5) is 5.69 Å². The van der Waals surface area contributed by atoms with Crippen molar-refractivity contribution < 1.29 is 14.3 Å². The van der Waals surface area contributed by atoms with Crippen molar-refractivity contribution in [2.75, 3.05) is 24.3 Å². The number of nitrogens with one attached hydrogen (secondary N) is 1. The van der Waals surface area contributed by atoms with Crippen LogP contribution < -0.4 is 14.8 Å². The van der Waals surface area contributed by atoms with Crippen molar-refractivity contribution in [1.82, 2.24) is 14.8 Å². The first kappa shape index (κ1) is 25.2. The first-order chi connectivity index (χ1) is 16.0. The van der Waals surface area contributed by atoms with Crippen molar-refractivity contribution in [1.29, 1.82) is 0 Å². The van der Waals surface area contributed by atoms with Crippen LogP contribution in [0, 0.1) is 0 Å². The number of halogens is 2. The minimum atomic E-state index is -0.132. The third kappa shape index (κ3) is 7.28. The Hall–Kier alpha value is -2.42. The standard InChI is InChI=1S/C23H26Cl2N4O3S/c1-3-29-21(10-7-13-32-19-12-11-16(24)14-17(19)25)27-28-23(29)33-15-22(30)26-18-8-5-6-9-20(18)31-4-2/h5-6,8-9,11-12,14H,3-4,7,10,13,15H2,1-2H3,(H,26,30). The van der Waals surface area contributed by atoms with E-state index in [9.17, 15) is 4.79 Å². The third-order valence-corrected chi connectivity index (χ3v) is 6.10. The summed E-state index contributed by atoms with van der Waals surface area (Å²) in [5, 5.41) is 13.2. The number of hydrogen-bond donors (Lipinski definition) is 1. The normalized spacial score (nSPS) is 10.8. The molecule has 176 valence electrons. The molecule has 0 radical (unpaired) electrons. The zero-order chi connectivity index (χ0) is 23.6. The highest BCUT2D eigenvalue weighted by Crippen LogP contribution is 2.28. The SMILES string of the molecule is CCOc1ccccc1NC(=O)CSc1nnc(CCCOc2ccc(Cl)cc2Cl)n1CC. The van der Waals surface area contributed by atoms with Crippen molar-refractivity contribution >= 4 is 46.6 Å². The number of thioether (sulfide) groups is 1. The van der Waals surface area contributed by atoms with Crippen LogP contribution in [0.2, 0.25) is 10.0 Å². The van der Waals surface area contributed by atoms with E-state index in [-0.39, 0.29) is 11.7 Å². The van der Waals surface area contributed by atoms with E-state index >= 15 is 0 Å². The molecule has 0 aliphatic carbocycles. The van der Waals surface area contributed by atoms with Crippen LogP contribution in [0.1, 0.15) is 26.1 Å². The lowest BCUT2D eigenvalue weighted by molar-refractivity contribution is -0.113. The number of carbonyl (C=O) groups excluding carboxylic acids is 1. The smallest absolute Gasteiger partial charge is 0.234 e. The summed E-state index contributed by atoms with van der Waals surface area (Å²) >= 11 is 13.4. The van der Waals surface area contributed by atoms with Gasteiger partial charge in [0, 0.05) is 18.0 Å². The van der Waals surface area contributed by atoms with Crippen LogP contribution in [0.3, 0.4) is 0 Å². The van der Waals surface area contributed by atoms with Crippen LogP contribution in [-0.2, 0) is 17.8 Å². The first-order valence-corrected chi connectivity index (χ1v) is 12.4. The molecule has 0 unspecified atom stereocenters. The van der Waals surface area contributed by atoms with E-state index in [1.54, 1.807) is 18.2 Å². The largest absolute Gasteiger partial charge is 0.492 e. The van der Waals surface area contributed by atoms with Gasteiger partial charge < -0.3 is 19.4 Å². The van der Waals surface area contributed by atoms with Gasteiger partial charge in [-0.15, -0.1) is 10.2 Å². The van der Waals surface area contributed by atoms with Gasteiger partial charge in [-0.1, -0.05) is 47.1 Å². The van der Waals surface area contributed by atoms with Crippen molar-refractivity contribution in [3.8, 4) is 11.5 Å². The number of para-hydroxylation sites is 2. The second kappa shape index (κ2) is 12.7. The Balaban J connectivity index is 1.50. The van der Waals surface area contributed by atoms with Crippen molar-refractivity contribution in [3.05, 3.63) is 58.3 Å². The molecule has 0 saturated heterocycles. The highest BCUT2D eigenvalue weighted by atomic mass is 35.5. The number of ether oxygens (including phenoxy) is 2. The number of aromatic nitrogens is 3. The van der Waals surface area contributed by atoms with Gasteiger partial charge in [0.2, 0.25) is 5.91 Å². The lowest BCUT2D eigenvalue weighted by Crippen LogP contribution is -2.15. The van der Waals surface area contributed by atoms with Crippen LogP contribution in [0.15, 0.2) is 47.6 Å². The molecule has 1 N–H and O–H groups in total. The van der Waals surface area contributed by atoms with Gasteiger partial charge >= 0.3 is 0 Å². The minimum absolute atomic E-state index is 0.132. The van der Waals surface area contributed by atoms with Gasteiger partial charge in [0.05, 0.1) is 29.7 Å². The highest BCUT2D eigenvalue weighted by Gasteiger charge is 2.14. The summed E-state index contributed by atoms with van der Waals surface area (Å²) in [6.45, 7) is 5.66. The molecule has 1 amide bonds. The molecule has 0 bridgehead atoms. The lowest BCUT2D eigenvalue weighted by Gasteiger charge is -2.11. The van der Waals surface area contributed by atoms with Crippen molar-refractivity contribution in [2.45, 2.75) is 38.4 Å². The first-order valence-electron chi connectivity index (χ1n) is 10.7. The third-order valence-electron chi connectivity index (χ3n) is 4.60. The van der Waals surface area contributed by atoms with Crippen LogP contribution in [-0.4, -0.2) is 39.6 Å². The summed E-state index contributed by atoms with van der Waals surface area (Å²) in [6.07, 6.45) is 1.44. The van der Waals surface area contributed by atoms with Gasteiger partial charge in [-0.05, 0) is 50.6 Å². The molecule has 7 nitrogen and oxygen atoms in total. The molecule has 1 aromatic heterocycles. The zero-order valence-corrected chi connectivity index (χ0v) is 20.8. The summed E-state index contributed by atoms with van der Waals surface area (Å²) in [5.41, 5.74) is 0.656. The molecule has 0 fully saturated rings. The molecule has 0 aliphatic heterocycles. The molecule has 33 heavy (non-hydrogen) atoms. The number of hydrogen-bond acceptors (Lipinski definition) is 6. The molecule has 1 heterocycles. The Kier molecular flexibility index (Phi) is 9.72. The monoisotopic (exact) mass is 508 g/mol. The number of rotatable bonds is 12. The average Bonchev–Trinajstić information content (AvgIpc) is 3.19. The van der Waals surface area contributed by atoms with Gasteiger partial charge in [-0.2, -0.15) is 0 Å². The van der Waals surface area contributed by atoms with E-state index in [2.05, 4.69) is 15.5 Å². The van der Waals surface area contributed by atoms with Crippen LogP contribution in [0.5, 0.6) is 11.5 Å². The van der Waals surface area contributed by atoms with Gasteiger partial charge in [0.1, 0.15) is 17.3 Å². The van der Waals surface area contributed by atoms with Gasteiger partial charge in [0.15, 0.2) is 5.16 Å². The van der Waals surface area contributed by atoms with Crippen LogP contribution in [0.25, 0.3) is 0 Å². The van der Waals surface area contributed by atoms with Gasteiger partial charge in [-0.25, -0.2) is 0 Å². The zero-order valence-electron chi connectivity index (χ0n) is 18.5. The molecule has 3 rings (SSSR count). The Morgan fingerprint density at radius 2 is 1.91 bits per heavy atom. The lowest BCUT2D eigenvalue weighted by atomic mass is 10.3. The number of amides is 1. The minimum Gasteiger partial charge on any atom is -0.492 e. The maximum Gasteiger partial charge on any atom is 0.234 e. The highest BCUT2D eigenvalue weighted by molar-refractivity contribution is 7.99. The number of anilines is 1. The fourth-order valence-corrected chi connectivity index (χ4v) is 4.38. The fraction of sp³-hybridized carbons (Fsp3) is 0.348. The summed E-state index contributed by atoms with van der Waals surface area (Å²) in [7, 11) is 0. The fourth-order valence-electron chi connectivity index (χ4n) is 3.10. The second-order valence-electron chi connectivity index (χ2n) is 6.94. The molecule has 2 aromatic carbocycles. The van der Waals surface area contributed by atoms with Crippen molar-refractivity contribution in [2.24, 2.45) is 0 Å². The van der Waals surface area contributed by atoms with E-state index in [4.69, 9.17) is 32.7 Å². The molecule has 0 saturated carbocycles. The summed E-state index contributed by atoms with van der Waals surface area (Å²) in [6, 6.07) is 12.5. The summed E-state index contributed by atoms with van der Waals surface area (Å²) < 4.78 is 13.3. The predicted octanol–water partition coefficient (Wildman–Crippen LogP) is 5.75. The van der Waals surface area contributed by atoms with Gasteiger partial charge in [0.25, 0.3) is 0 Å². The molecule has 10 heteroatoms.